The number of aromatic nitrogens is 2. The number of aromatic amines is 1. The van der Waals surface area contributed by atoms with Gasteiger partial charge in [0.2, 0.25) is 0 Å². The molecule has 1 aromatic rings. The van der Waals surface area contributed by atoms with Crippen LogP contribution in [0.2, 0.25) is 0 Å². The maximum absolute atomic E-state index is 9.19. The highest BCUT2D eigenvalue weighted by molar-refractivity contribution is 5.21. The Kier molecular flexibility index (Phi) is 4.74. The maximum Gasteiger partial charge on any atom is 0.0609 e. The van der Waals surface area contributed by atoms with Crippen LogP contribution in [0.5, 0.6) is 0 Å². The van der Waals surface area contributed by atoms with E-state index in [4.69, 9.17) is 0 Å². The summed E-state index contributed by atoms with van der Waals surface area (Å²) in [6, 6.07) is -0.0987. The summed E-state index contributed by atoms with van der Waals surface area (Å²) in [7, 11) is 0. The van der Waals surface area contributed by atoms with Crippen molar-refractivity contribution in [3.63, 3.8) is 0 Å². The van der Waals surface area contributed by atoms with Crippen molar-refractivity contribution in [1.82, 2.24) is 15.1 Å². The summed E-state index contributed by atoms with van der Waals surface area (Å²) >= 11 is 0. The molecule has 0 unspecified atom stereocenters. The Morgan fingerprint density at radius 1 is 1.39 bits per heavy atom. The minimum absolute atomic E-state index is 0.0332. The number of rotatable bonds is 5. The molecule has 0 saturated carbocycles. The van der Waals surface area contributed by atoms with Crippen molar-refractivity contribution in [3.05, 3.63) is 17.5 Å². The van der Waals surface area contributed by atoms with Crippen molar-refractivity contribution in [3.8, 4) is 0 Å². The Balaban J connectivity index is 1.94. The molecular formula is C13H23N3O2. The first-order valence-corrected chi connectivity index (χ1v) is 6.78. The molecule has 1 saturated heterocycles. The second kappa shape index (κ2) is 6.31. The minimum Gasteiger partial charge on any atom is -0.395 e. The summed E-state index contributed by atoms with van der Waals surface area (Å²) in [5, 5.41) is 25.7. The van der Waals surface area contributed by atoms with Gasteiger partial charge in [0, 0.05) is 11.6 Å². The number of nitrogens with zero attached hydrogens (tertiary/aromatic N) is 2. The van der Waals surface area contributed by atoms with Gasteiger partial charge in [-0.15, -0.1) is 0 Å². The molecule has 18 heavy (non-hydrogen) atoms. The third-order valence-corrected chi connectivity index (χ3v) is 4.01. The van der Waals surface area contributed by atoms with Gasteiger partial charge in [0.25, 0.3) is 0 Å². The highest BCUT2D eigenvalue weighted by Crippen LogP contribution is 2.29. The van der Waals surface area contributed by atoms with E-state index >= 15 is 0 Å². The summed E-state index contributed by atoms with van der Waals surface area (Å²) in [5.41, 5.74) is 2.59. The number of piperidine rings is 1. The van der Waals surface area contributed by atoms with Crippen molar-refractivity contribution in [2.45, 2.75) is 38.1 Å². The van der Waals surface area contributed by atoms with Crippen LogP contribution in [0.4, 0.5) is 0 Å². The van der Waals surface area contributed by atoms with Crippen LogP contribution < -0.4 is 0 Å². The first-order valence-electron chi connectivity index (χ1n) is 6.78. The number of aliphatic hydroxyl groups excluding tert-OH is 2. The molecule has 0 atom stereocenters. The molecule has 0 radical (unpaired) electrons. The van der Waals surface area contributed by atoms with E-state index in [0.29, 0.717) is 5.92 Å². The molecule has 1 aliphatic rings. The molecular weight excluding hydrogens is 230 g/mol. The zero-order valence-electron chi connectivity index (χ0n) is 11.0. The van der Waals surface area contributed by atoms with Gasteiger partial charge in [0.05, 0.1) is 25.5 Å². The fourth-order valence-electron chi connectivity index (χ4n) is 2.80. The van der Waals surface area contributed by atoms with Gasteiger partial charge in [0.1, 0.15) is 0 Å². The summed E-state index contributed by atoms with van der Waals surface area (Å²) < 4.78 is 0. The van der Waals surface area contributed by atoms with Crippen molar-refractivity contribution in [1.29, 1.82) is 0 Å². The molecule has 0 amide bonds. The Hall–Kier alpha value is -0.910. The van der Waals surface area contributed by atoms with Gasteiger partial charge in [-0.1, -0.05) is 6.92 Å². The van der Waals surface area contributed by atoms with E-state index in [1.807, 2.05) is 6.20 Å². The Morgan fingerprint density at radius 3 is 2.61 bits per heavy atom. The average Bonchev–Trinajstić information content (AvgIpc) is 2.89. The fourth-order valence-corrected chi connectivity index (χ4v) is 2.80. The predicted molar refractivity (Wildman–Crippen MR) is 69.5 cm³/mol. The molecule has 0 aliphatic carbocycles. The SMILES string of the molecule is CCc1cn[nH]c1C1CCN(C(CO)CO)CC1. The number of hydrogen-bond acceptors (Lipinski definition) is 4. The average molecular weight is 253 g/mol. The molecule has 0 bridgehead atoms. The summed E-state index contributed by atoms with van der Waals surface area (Å²) in [6.07, 6.45) is 5.06. The van der Waals surface area contributed by atoms with E-state index in [9.17, 15) is 10.2 Å². The van der Waals surface area contributed by atoms with Gasteiger partial charge in [-0.3, -0.25) is 10.00 Å². The van der Waals surface area contributed by atoms with Crippen molar-refractivity contribution >= 4 is 0 Å². The number of aliphatic hydroxyl groups is 2. The minimum atomic E-state index is -0.0987. The quantitative estimate of drug-likeness (QED) is 0.715. The van der Waals surface area contributed by atoms with Gasteiger partial charge in [-0.05, 0) is 37.9 Å². The second-order valence-electron chi connectivity index (χ2n) is 4.99. The molecule has 5 heteroatoms. The van der Waals surface area contributed by atoms with Gasteiger partial charge in [-0.25, -0.2) is 0 Å². The lowest BCUT2D eigenvalue weighted by atomic mass is 9.90. The number of nitrogens with one attached hydrogen (secondary N) is 1. The highest BCUT2D eigenvalue weighted by atomic mass is 16.3. The van der Waals surface area contributed by atoms with Crippen LogP contribution in [0, 0.1) is 0 Å². The molecule has 2 rings (SSSR count). The van der Waals surface area contributed by atoms with Crippen molar-refractivity contribution in [2.24, 2.45) is 0 Å². The van der Waals surface area contributed by atoms with E-state index in [1.54, 1.807) is 0 Å². The monoisotopic (exact) mass is 253 g/mol. The molecule has 0 spiro atoms. The first-order chi connectivity index (χ1) is 8.80. The third-order valence-electron chi connectivity index (χ3n) is 4.01. The van der Waals surface area contributed by atoms with Crippen LogP contribution in [-0.2, 0) is 6.42 Å². The van der Waals surface area contributed by atoms with Gasteiger partial charge in [-0.2, -0.15) is 5.10 Å². The van der Waals surface area contributed by atoms with Crippen LogP contribution in [0.3, 0.4) is 0 Å². The molecule has 5 nitrogen and oxygen atoms in total. The standard InChI is InChI=1S/C13H23N3O2/c1-2-10-7-14-15-13(10)11-3-5-16(6-4-11)12(8-17)9-18/h7,11-12,17-18H,2-6,8-9H2,1H3,(H,14,15). The van der Waals surface area contributed by atoms with E-state index in [0.717, 1.165) is 32.4 Å². The zero-order chi connectivity index (χ0) is 13.0. The molecule has 1 aromatic heterocycles. The summed E-state index contributed by atoms with van der Waals surface area (Å²) in [5.74, 6) is 0.539. The molecule has 1 fully saturated rings. The van der Waals surface area contributed by atoms with Crippen LogP contribution in [0.15, 0.2) is 6.20 Å². The van der Waals surface area contributed by atoms with Gasteiger partial charge in [0.15, 0.2) is 0 Å². The first kappa shape index (κ1) is 13.5. The largest absolute Gasteiger partial charge is 0.395 e. The van der Waals surface area contributed by atoms with Crippen LogP contribution in [0.25, 0.3) is 0 Å². The third kappa shape index (κ3) is 2.74. The zero-order valence-corrected chi connectivity index (χ0v) is 11.0. The molecule has 3 N–H and O–H groups in total. The van der Waals surface area contributed by atoms with Gasteiger partial charge >= 0.3 is 0 Å². The van der Waals surface area contributed by atoms with E-state index < -0.39 is 0 Å². The number of hydrogen-bond donors (Lipinski definition) is 3. The lowest BCUT2D eigenvalue weighted by molar-refractivity contribution is 0.0566. The summed E-state index contributed by atoms with van der Waals surface area (Å²) in [6.45, 7) is 4.07. The maximum atomic E-state index is 9.19. The van der Waals surface area contributed by atoms with Gasteiger partial charge < -0.3 is 10.2 Å². The fraction of sp³-hybridized carbons (Fsp3) is 0.769. The Bertz CT molecular complexity index is 355. The number of H-pyrrole nitrogens is 1. The predicted octanol–water partition coefficient (Wildman–Crippen LogP) is 0.505. The normalized spacial score (nSPS) is 18.7. The van der Waals surface area contributed by atoms with E-state index in [1.165, 1.54) is 11.3 Å². The highest BCUT2D eigenvalue weighted by Gasteiger charge is 2.26. The van der Waals surface area contributed by atoms with Crippen LogP contribution in [-0.4, -0.2) is 57.7 Å². The van der Waals surface area contributed by atoms with E-state index in [-0.39, 0.29) is 19.3 Å². The molecule has 1 aliphatic heterocycles. The van der Waals surface area contributed by atoms with Crippen LogP contribution >= 0.6 is 0 Å². The number of aryl methyl sites for hydroxylation is 1. The van der Waals surface area contributed by atoms with Crippen molar-refractivity contribution < 1.29 is 10.2 Å². The Morgan fingerprint density at radius 2 is 2.06 bits per heavy atom. The lowest BCUT2D eigenvalue weighted by Crippen LogP contribution is -2.45. The smallest absolute Gasteiger partial charge is 0.0609 e. The molecule has 102 valence electrons. The lowest BCUT2D eigenvalue weighted by Gasteiger charge is -2.36. The van der Waals surface area contributed by atoms with Crippen molar-refractivity contribution in [2.75, 3.05) is 26.3 Å². The molecule has 2 heterocycles. The number of likely N-dealkylation sites (tertiary alicyclic amines) is 1. The Labute approximate surface area is 108 Å². The molecule has 0 aromatic carbocycles. The topological polar surface area (TPSA) is 72.4 Å². The van der Waals surface area contributed by atoms with Crippen LogP contribution in [0.1, 0.15) is 36.9 Å². The second-order valence-corrected chi connectivity index (χ2v) is 4.99. The summed E-state index contributed by atoms with van der Waals surface area (Å²) in [4.78, 5) is 2.18. The van der Waals surface area contributed by atoms with E-state index in [2.05, 4.69) is 22.0 Å².